The van der Waals surface area contributed by atoms with Gasteiger partial charge in [0.05, 0.1) is 19.0 Å². The fraction of sp³-hybridized carbons (Fsp3) is 0.632. The Labute approximate surface area is 163 Å². The molecule has 0 aromatic heterocycles. The van der Waals surface area contributed by atoms with E-state index in [4.69, 9.17) is 4.74 Å². The molecule has 0 amide bonds. The van der Waals surface area contributed by atoms with Crippen molar-refractivity contribution >= 4 is 15.8 Å². The van der Waals surface area contributed by atoms with Crippen LogP contribution in [0.25, 0.3) is 0 Å². The molecule has 0 bridgehead atoms. The van der Waals surface area contributed by atoms with Crippen molar-refractivity contribution in [3.05, 3.63) is 35.4 Å². The molecule has 1 fully saturated rings. The van der Waals surface area contributed by atoms with Gasteiger partial charge in [0.15, 0.2) is 5.96 Å². The summed E-state index contributed by atoms with van der Waals surface area (Å²) >= 11 is 0. The Hall–Kier alpha value is -1.64. The molecule has 1 saturated heterocycles. The third-order valence-corrected chi connectivity index (χ3v) is 5.50. The summed E-state index contributed by atoms with van der Waals surface area (Å²) in [6.07, 6.45) is 1.81. The van der Waals surface area contributed by atoms with Crippen LogP contribution in [0.2, 0.25) is 0 Å². The maximum absolute atomic E-state index is 11.3. The first kappa shape index (κ1) is 21.7. The number of rotatable bonds is 8. The monoisotopic (exact) mass is 396 g/mol. The maximum Gasteiger partial charge on any atom is 0.191 e. The second kappa shape index (κ2) is 10.6. The van der Waals surface area contributed by atoms with E-state index in [1.54, 1.807) is 7.05 Å². The summed E-state index contributed by atoms with van der Waals surface area (Å²) in [4.78, 5) is 6.61. The van der Waals surface area contributed by atoms with E-state index in [-0.39, 0.29) is 11.8 Å². The highest BCUT2D eigenvalue weighted by Crippen LogP contribution is 2.09. The molecular formula is C19H32N4O3S. The molecule has 27 heavy (non-hydrogen) atoms. The second-order valence-electron chi connectivity index (χ2n) is 7.09. The van der Waals surface area contributed by atoms with Crippen molar-refractivity contribution in [1.29, 1.82) is 0 Å². The molecule has 1 aliphatic rings. The van der Waals surface area contributed by atoms with Crippen molar-refractivity contribution in [1.82, 2.24) is 15.5 Å². The maximum atomic E-state index is 11.3. The van der Waals surface area contributed by atoms with E-state index >= 15 is 0 Å². The Morgan fingerprint density at radius 3 is 2.44 bits per heavy atom. The minimum atomic E-state index is -2.94. The van der Waals surface area contributed by atoms with Gasteiger partial charge in [-0.05, 0) is 24.5 Å². The van der Waals surface area contributed by atoms with Gasteiger partial charge in [0.25, 0.3) is 0 Å². The van der Waals surface area contributed by atoms with Crippen LogP contribution in [0.3, 0.4) is 0 Å². The number of nitrogens with zero attached hydrogens (tertiary/aromatic N) is 2. The van der Waals surface area contributed by atoms with Gasteiger partial charge in [-0.15, -0.1) is 0 Å². The molecule has 1 aliphatic heterocycles. The molecular weight excluding hydrogens is 364 g/mol. The van der Waals surface area contributed by atoms with E-state index in [9.17, 15) is 8.42 Å². The lowest BCUT2D eigenvalue weighted by molar-refractivity contribution is 0.0342. The van der Waals surface area contributed by atoms with Crippen LogP contribution < -0.4 is 10.6 Å². The minimum Gasteiger partial charge on any atom is -0.379 e. The summed E-state index contributed by atoms with van der Waals surface area (Å²) in [6, 6.07) is 8.61. The van der Waals surface area contributed by atoms with Crippen LogP contribution in [-0.4, -0.2) is 70.7 Å². The van der Waals surface area contributed by atoms with Gasteiger partial charge in [-0.25, -0.2) is 8.42 Å². The van der Waals surface area contributed by atoms with E-state index in [1.807, 2.05) is 6.92 Å². The van der Waals surface area contributed by atoms with Crippen LogP contribution in [-0.2, 0) is 27.7 Å². The van der Waals surface area contributed by atoms with E-state index in [1.165, 1.54) is 17.4 Å². The van der Waals surface area contributed by atoms with Gasteiger partial charge in [-0.3, -0.25) is 9.89 Å². The molecule has 1 aromatic rings. The van der Waals surface area contributed by atoms with Gasteiger partial charge in [0.1, 0.15) is 9.84 Å². The van der Waals surface area contributed by atoms with Crippen LogP contribution in [0.5, 0.6) is 0 Å². The van der Waals surface area contributed by atoms with Gasteiger partial charge < -0.3 is 15.4 Å². The molecule has 7 nitrogen and oxygen atoms in total. The van der Waals surface area contributed by atoms with Crippen LogP contribution >= 0.6 is 0 Å². The van der Waals surface area contributed by atoms with Crippen molar-refractivity contribution in [2.24, 2.45) is 4.99 Å². The standard InChI is InChI=1S/C19H32N4O3S/c1-16(8-13-27(3,24)25)22-19(20-2)21-14-17-4-6-18(7-5-17)15-23-9-11-26-12-10-23/h4-7,16H,8-15H2,1-3H3,(H2,20,21,22). The average molecular weight is 397 g/mol. The van der Waals surface area contributed by atoms with Crippen molar-refractivity contribution in [2.75, 3.05) is 45.4 Å². The number of hydrogen-bond acceptors (Lipinski definition) is 5. The first-order valence-corrected chi connectivity index (χ1v) is 11.4. The van der Waals surface area contributed by atoms with Crippen LogP contribution in [0.15, 0.2) is 29.3 Å². The molecule has 0 spiro atoms. The van der Waals surface area contributed by atoms with Crippen molar-refractivity contribution in [3.63, 3.8) is 0 Å². The number of hydrogen-bond donors (Lipinski definition) is 2. The van der Waals surface area contributed by atoms with Gasteiger partial charge in [-0.1, -0.05) is 24.3 Å². The van der Waals surface area contributed by atoms with E-state index in [0.29, 0.717) is 18.9 Å². The predicted octanol–water partition coefficient (Wildman–Crippen LogP) is 1.01. The van der Waals surface area contributed by atoms with Gasteiger partial charge in [0, 0.05) is 45.5 Å². The normalized spacial score (nSPS) is 17.5. The summed E-state index contributed by atoms with van der Waals surface area (Å²) in [5.41, 5.74) is 2.48. The molecule has 1 heterocycles. The van der Waals surface area contributed by atoms with Gasteiger partial charge in [-0.2, -0.15) is 0 Å². The Balaban J connectivity index is 1.76. The highest BCUT2D eigenvalue weighted by atomic mass is 32.2. The highest BCUT2D eigenvalue weighted by Gasteiger charge is 2.11. The number of sulfone groups is 1. The van der Waals surface area contributed by atoms with E-state index in [0.717, 1.165) is 32.8 Å². The first-order chi connectivity index (χ1) is 12.9. The highest BCUT2D eigenvalue weighted by molar-refractivity contribution is 7.90. The SMILES string of the molecule is CN=C(NCc1ccc(CN2CCOCC2)cc1)NC(C)CCS(C)(=O)=O. The lowest BCUT2D eigenvalue weighted by atomic mass is 10.1. The molecule has 2 N–H and O–H groups in total. The third-order valence-electron chi connectivity index (χ3n) is 4.52. The minimum absolute atomic E-state index is 0.0295. The summed E-state index contributed by atoms with van der Waals surface area (Å²) in [7, 11) is -1.23. The topological polar surface area (TPSA) is 83.0 Å². The molecule has 8 heteroatoms. The number of benzene rings is 1. The summed E-state index contributed by atoms with van der Waals surface area (Å²) in [5, 5.41) is 6.51. The lowest BCUT2D eigenvalue weighted by Crippen LogP contribution is -2.42. The van der Waals surface area contributed by atoms with Crippen molar-refractivity contribution < 1.29 is 13.2 Å². The largest absolute Gasteiger partial charge is 0.379 e. The zero-order chi connectivity index (χ0) is 19.7. The zero-order valence-corrected chi connectivity index (χ0v) is 17.4. The Morgan fingerprint density at radius 2 is 1.85 bits per heavy atom. The fourth-order valence-corrected chi connectivity index (χ4v) is 3.64. The van der Waals surface area contributed by atoms with Crippen LogP contribution in [0.1, 0.15) is 24.5 Å². The lowest BCUT2D eigenvalue weighted by Gasteiger charge is -2.26. The van der Waals surface area contributed by atoms with E-state index < -0.39 is 9.84 Å². The van der Waals surface area contributed by atoms with Crippen LogP contribution in [0.4, 0.5) is 0 Å². The van der Waals surface area contributed by atoms with Gasteiger partial charge >= 0.3 is 0 Å². The van der Waals surface area contributed by atoms with Gasteiger partial charge in [0.2, 0.25) is 0 Å². The molecule has 1 atom stereocenters. The predicted molar refractivity (Wildman–Crippen MR) is 110 cm³/mol. The first-order valence-electron chi connectivity index (χ1n) is 9.38. The van der Waals surface area contributed by atoms with Crippen molar-refractivity contribution in [3.8, 4) is 0 Å². The zero-order valence-electron chi connectivity index (χ0n) is 16.6. The Morgan fingerprint density at radius 1 is 1.22 bits per heavy atom. The molecule has 1 unspecified atom stereocenters. The quantitative estimate of drug-likeness (QED) is 0.504. The summed E-state index contributed by atoms with van der Waals surface area (Å²) < 4.78 is 27.9. The fourth-order valence-electron chi connectivity index (χ4n) is 2.86. The number of aliphatic imine (C=N–C) groups is 1. The molecule has 0 radical (unpaired) electrons. The molecule has 0 aliphatic carbocycles. The van der Waals surface area contributed by atoms with Crippen LogP contribution in [0, 0.1) is 0 Å². The third kappa shape index (κ3) is 8.73. The average Bonchev–Trinajstić information content (AvgIpc) is 2.65. The second-order valence-corrected chi connectivity index (χ2v) is 9.35. The summed E-state index contributed by atoms with van der Waals surface area (Å²) in [5.74, 6) is 0.844. The molecule has 1 aromatic carbocycles. The molecule has 2 rings (SSSR count). The Bertz CT molecular complexity index is 698. The number of nitrogens with one attached hydrogen (secondary N) is 2. The molecule has 152 valence electrons. The number of guanidine groups is 1. The Kier molecular flexibility index (Phi) is 8.53. The number of ether oxygens (including phenoxy) is 1. The number of morpholine rings is 1. The molecule has 0 saturated carbocycles. The van der Waals surface area contributed by atoms with Crippen molar-refractivity contribution in [2.45, 2.75) is 32.5 Å². The van der Waals surface area contributed by atoms with E-state index in [2.05, 4.69) is 44.8 Å². The summed E-state index contributed by atoms with van der Waals surface area (Å²) in [6.45, 7) is 7.19. The smallest absolute Gasteiger partial charge is 0.191 e.